The number of carbonyl (C=O) groups excluding carboxylic acids is 1. The van der Waals surface area contributed by atoms with E-state index in [0.29, 0.717) is 17.9 Å². The van der Waals surface area contributed by atoms with Gasteiger partial charge in [-0.2, -0.15) is 0 Å². The van der Waals surface area contributed by atoms with Gasteiger partial charge in [0.25, 0.3) is 5.91 Å². The average molecular weight is 277 g/mol. The van der Waals surface area contributed by atoms with Crippen LogP contribution in [0.1, 0.15) is 58.8 Å². The highest BCUT2D eigenvalue weighted by atomic mass is 16.5. The molecule has 0 radical (unpaired) electrons. The largest absolute Gasteiger partial charge is 0.357 e. The Bertz CT molecular complexity index is 429. The lowest BCUT2D eigenvalue weighted by Crippen LogP contribution is -2.50. The number of methoxy groups -OCH3 is 1. The van der Waals surface area contributed by atoms with E-state index in [-0.39, 0.29) is 12.1 Å². The van der Waals surface area contributed by atoms with Gasteiger partial charge in [0.05, 0.1) is 0 Å². The summed E-state index contributed by atoms with van der Waals surface area (Å²) < 4.78 is 5.75. The predicted octanol–water partition coefficient (Wildman–Crippen LogP) is 3.50. The van der Waals surface area contributed by atoms with Crippen molar-refractivity contribution in [1.29, 1.82) is 0 Å². The molecule has 0 aromatic carbocycles. The van der Waals surface area contributed by atoms with Crippen LogP contribution in [0.25, 0.3) is 0 Å². The molecule has 2 aliphatic carbocycles. The van der Waals surface area contributed by atoms with E-state index in [9.17, 15) is 4.79 Å². The number of nitrogens with zero attached hydrogens (tertiary/aromatic N) is 1. The highest BCUT2D eigenvalue weighted by Gasteiger charge is 2.45. The van der Waals surface area contributed by atoms with Gasteiger partial charge in [-0.15, -0.1) is 0 Å². The third-order valence-electron chi connectivity index (χ3n) is 5.80. The fourth-order valence-corrected chi connectivity index (χ4v) is 4.40. The second-order valence-electron chi connectivity index (χ2n) is 6.85. The fourth-order valence-electron chi connectivity index (χ4n) is 4.40. The summed E-state index contributed by atoms with van der Waals surface area (Å²) in [7, 11) is 1.76. The zero-order valence-electron chi connectivity index (χ0n) is 13.0. The molecule has 112 valence electrons. The lowest BCUT2D eigenvalue weighted by molar-refractivity contribution is -0.141. The molecule has 0 aromatic rings. The zero-order valence-corrected chi connectivity index (χ0v) is 13.0. The Balaban J connectivity index is 1.88. The molecule has 1 fully saturated rings. The summed E-state index contributed by atoms with van der Waals surface area (Å²) in [6, 6.07) is 0.363. The van der Waals surface area contributed by atoms with Gasteiger partial charge in [-0.25, -0.2) is 0 Å². The van der Waals surface area contributed by atoms with Crippen molar-refractivity contribution in [2.45, 2.75) is 71.1 Å². The molecule has 0 saturated heterocycles. The highest BCUT2D eigenvalue weighted by Crippen LogP contribution is 2.42. The van der Waals surface area contributed by atoms with Crippen LogP contribution in [0.5, 0.6) is 0 Å². The molecule has 1 heterocycles. The van der Waals surface area contributed by atoms with Crippen molar-refractivity contribution in [3.8, 4) is 0 Å². The van der Waals surface area contributed by atoms with Crippen LogP contribution in [-0.2, 0) is 9.53 Å². The molecule has 0 bridgehead atoms. The maximum absolute atomic E-state index is 12.8. The van der Waals surface area contributed by atoms with Gasteiger partial charge in [0, 0.05) is 18.7 Å². The van der Waals surface area contributed by atoms with Crippen LogP contribution in [0.2, 0.25) is 0 Å². The molecule has 3 rings (SSSR count). The average Bonchev–Trinajstić information content (AvgIpc) is 2.75. The third kappa shape index (κ3) is 2.11. The quantitative estimate of drug-likeness (QED) is 0.773. The molecular formula is C17H27NO2. The summed E-state index contributed by atoms with van der Waals surface area (Å²) in [5.74, 6) is 1.56. The van der Waals surface area contributed by atoms with Gasteiger partial charge in [-0.05, 0) is 49.5 Å². The monoisotopic (exact) mass is 277 g/mol. The van der Waals surface area contributed by atoms with E-state index in [2.05, 4.69) is 18.7 Å². The van der Waals surface area contributed by atoms with Crippen molar-refractivity contribution in [3.63, 3.8) is 0 Å². The minimum Gasteiger partial charge on any atom is -0.357 e. The molecule has 3 heteroatoms. The van der Waals surface area contributed by atoms with Crippen molar-refractivity contribution < 1.29 is 9.53 Å². The van der Waals surface area contributed by atoms with Gasteiger partial charge in [0.1, 0.15) is 0 Å². The van der Waals surface area contributed by atoms with Crippen molar-refractivity contribution in [3.05, 3.63) is 11.1 Å². The second-order valence-corrected chi connectivity index (χ2v) is 6.85. The molecular weight excluding hydrogens is 250 g/mol. The van der Waals surface area contributed by atoms with Crippen LogP contribution in [0.15, 0.2) is 11.1 Å². The van der Waals surface area contributed by atoms with Gasteiger partial charge in [0.2, 0.25) is 0 Å². The van der Waals surface area contributed by atoms with Crippen LogP contribution in [0, 0.1) is 11.8 Å². The summed E-state index contributed by atoms with van der Waals surface area (Å²) in [6.45, 7) is 4.64. The lowest BCUT2D eigenvalue weighted by atomic mass is 9.77. The number of carbonyl (C=O) groups is 1. The Kier molecular flexibility index (Phi) is 3.89. The lowest BCUT2D eigenvalue weighted by Gasteiger charge is -2.42. The van der Waals surface area contributed by atoms with Crippen molar-refractivity contribution in [2.24, 2.45) is 11.8 Å². The Hall–Kier alpha value is -0.830. The summed E-state index contributed by atoms with van der Waals surface area (Å²) in [5, 5.41) is 0. The molecule has 0 aromatic heterocycles. The van der Waals surface area contributed by atoms with Crippen LogP contribution in [-0.4, -0.2) is 30.2 Å². The van der Waals surface area contributed by atoms with Gasteiger partial charge < -0.3 is 9.64 Å². The number of ether oxygens (including phenoxy) is 1. The highest BCUT2D eigenvalue weighted by molar-refractivity contribution is 5.98. The second kappa shape index (κ2) is 5.51. The van der Waals surface area contributed by atoms with Crippen molar-refractivity contribution in [2.75, 3.05) is 7.11 Å². The summed E-state index contributed by atoms with van der Waals surface area (Å²) >= 11 is 0. The maximum Gasteiger partial charge on any atom is 0.252 e. The molecule has 0 N–H and O–H groups in total. The molecule has 0 unspecified atom stereocenters. The van der Waals surface area contributed by atoms with E-state index in [1.165, 1.54) is 24.8 Å². The first kappa shape index (κ1) is 14.1. The maximum atomic E-state index is 12.8. The standard InChI is InChI=1S/C17H27NO2/c1-11-7-6-10-15(12(11)2)18-16(19)13-8-4-5-9-14(13)17(18)20-3/h11-12,15,17H,4-10H2,1-3H3/t11-,12+,15+,17+/m0/s1. The Morgan fingerprint density at radius 3 is 2.60 bits per heavy atom. The molecule has 4 atom stereocenters. The van der Waals surface area contributed by atoms with Crippen LogP contribution in [0.4, 0.5) is 0 Å². The molecule has 1 aliphatic heterocycles. The number of rotatable bonds is 2. The first-order chi connectivity index (χ1) is 9.65. The van der Waals surface area contributed by atoms with Crippen LogP contribution in [0.3, 0.4) is 0 Å². The van der Waals surface area contributed by atoms with Gasteiger partial charge in [-0.1, -0.05) is 26.7 Å². The van der Waals surface area contributed by atoms with E-state index in [0.717, 1.165) is 31.3 Å². The van der Waals surface area contributed by atoms with E-state index >= 15 is 0 Å². The molecule has 3 nitrogen and oxygen atoms in total. The normalized spacial score (nSPS) is 38.4. The van der Waals surface area contributed by atoms with Gasteiger partial charge in [0.15, 0.2) is 6.23 Å². The minimum absolute atomic E-state index is 0.0736. The van der Waals surface area contributed by atoms with Gasteiger partial charge >= 0.3 is 0 Å². The molecule has 0 spiro atoms. The Labute approximate surface area is 122 Å². The Morgan fingerprint density at radius 1 is 1.10 bits per heavy atom. The first-order valence-electron chi connectivity index (χ1n) is 8.22. The molecule has 1 amide bonds. The van der Waals surface area contributed by atoms with E-state index in [4.69, 9.17) is 4.74 Å². The fraction of sp³-hybridized carbons (Fsp3) is 0.824. The number of amides is 1. The van der Waals surface area contributed by atoms with E-state index in [1.54, 1.807) is 7.11 Å². The van der Waals surface area contributed by atoms with Crippen LogP contribution < -0.4 is 0 Å². The van der Waals surface area contributed by atoms with E-state index in [1.807, 2.05) is 0 Å². The number of hydrogen-bond donors (Lipinski definition) is 0. The zero-order chi connectivity index (χ0) is 14.3. The van der Waals surface area contributed by atoms with Crippen molar-refractivity contribution >= 4 is 5.91 Å². The molecule has 20 heavy (non-hydrogen) atoms. The van der Waals surface area contributed by atoms with Gasteiger partial charge in [-0.3, -0.25) is 4.79 Å². The smallest absolute Gasteiger partial charge is 0.252 e. The number of hydrogen-bond acceptors (Lipinski definition) is 2. The third-order valence-corrected chi connectivity index (χ3v) is 5.80. The van der Waals surface area contributed by atoms with E-state index < -0.39 is 0 Å². The Morgan fingerprint density at radius 2 is 1.85 bits per heavy atom. The summed E-state index contributed by atoms with van der Waals surface area (Å²) in [6.07, 6.45) is 7.97. The SMILES string of the molecule is CO[C@@H]1C2=C(CCCC2)C(=O)N1[C@@H]1CCC[C@H](C)[C@H]1C. The summed E-state index contributed by atoms with van der Waals surface area (Å²) in [5.41, 5.74) is 2.36. The summed E-state index contributed by atoms with van der Waals surface area (Å²) in [4.78, 5) is 14.9. The van der Waals surface area contributed by atoms with Crippen LogP contribution >= 0.6 is 0 Å². The van der Waals surface area contributed by atoms with Crippen molar-refractivity contribution in [1.82, 2.24) is 4.90 Å². The molecule has 3 aliphatic rings. The first-order valence-corrected chi connectivity index (χ1v) is 8.22. The topological polar surface area (TPSA) is 29.5 Å². The molecule has 1 saturated carbocycles. The predicted molar refractivity (Wildman–Crippen MR) is 79.1 cm³/mol. The minimum atomic E-state index is -0.0736.